The number of carbonyl (C=O) groups excluding carboxylic acids is 2. The van der Waals surface area contributed by atoms with Gasteiger partial charge in [0.1, 0.15) is 5.69 Å². The molecule has 12 heteroatoms. The van der Waals surface area contributed by atoms with Crippen LogP contribution in [0.25, 0.3) is 11.1 Å². The summed E-state index contributed by atoms with van der Waals surface area (Å²) >= 11 is 0. The van der Waals surface area contributed by atoms with Crippen molar-refractivity contribution in [1.29, 1.82) is 0 Å². The molecule has 4 N–H and O–H groups in total. The minimum Gasteiger partial charge on any atom is -0.479 e. The number of aromatic nitrogens is 2. The van der Waals surface area contributed by atoms with Gasteiger partial charge in [0.05, 0.1) is 17.5 Å². The summed E-state index contributed by atoms with van der Waals surface area (Å²) in [5, 5.41) is 26.9. The molecule has 1 aliphatic rings. The number of aliphatic hydroxyl groups is 1. The first-order valence-corrected chi connectivity index (χ1v) is 16.6. The Morgan fingerprint density at radius 2 is 1.63 bits per heavy atom. The maximum Gasteiger partial charge on any atom is 0.334 e. The summed E-state index contributed by atoms with van der Waals surface area (Å²) in [6.07, 6.45) is 1.12. The Kier molecular flexibility index (Phi) is 9.98. The average Bonchev–Trinajstić information content (AvgIpc) is 3.83. The average molecular weight is 645 g/mol. The summed E-state index contributed by atoms with van der Waals surface area (Å²) in [4.78, 5) is 37.0. The fourth-order valence-electron chi connectivity index (χ4n) is 5.20. The lowest BCUT2D eigenvalue weighted by Gasteiger charge is -2.21. The fourth-order valence-corrected chi connectivity index (χ4v) is 6.48. The van der Waals surface area contributed by atoms with Crippen LogP contribution in [-0.2, 0) is 39.0 Å². The van der Waals surface area contributed by atoms with E-state index in [0.29, 0.717) is 36.9 Å². The van der Waals surface area contributed by atoms with Crippen molar-refractivity contribution in [3.05, 3.63) is 107 Å². The molecule has 0 spiro atoms. The zero-order chi connectivity index (χ0) is 32.8. The number of aliphatic hydroxyl groups excluding tert-OH is 1. The number of rotatable bonds is 14. The normalized spacial score (nSPS) is 14.3. The first-order chi connectivity index (χ1) is 22.1. The van der Waals surface area contributed by atoms with Gasteiger partial charge < -0.3 is 15.5 Å². The van der Waals surface area contributed by atoms with E-state index < -0.39 is 40.0 Å². The first-order valence-electron chi connectivity index (χ1n) is 15.1. The van der Waals surface area contributed by atoms with Gasteiger partial charge in [-0.15, -0.1) is 0 Å². The highest BCUT2D eigenvalue weighted by Crippen LogP contribution is 2.31. The van der Waals surface area contributed by atoms with Crippen LogP contribution < -0.4 is 10.0 Å². The van der Waals surface area contributed by atoms with E-state index in [-0.39, 0.29) is 22.9 Å². The molecule has 11 nitrogen and oxygen atoms in total. The molecule has 3 aromatic carbocycles. The van der Waals surface area contributed by atoms with E-state index in [2.05, 4.69) is 15.1 Å². The van der Waals surface area contributed by atoms with Gasteiger partial charge in [0.2, 0.25) is 5.91 Å². The van der Waals surface area contributed by atoms with Crippen LogP contribution in [0.5, 0.6) is 0 Å². The number of carboxylic acids is 1. The molecule has 1 aromatic heterocycles. The van der Waals surface area contributed by atoms with E-state index in [1.807, 2.05) is 25.1 Å². The van der Waals surface area contributed by atoms with Crippen molar-refractivity contribution in [2.24, 2.45) is 5.92 Å². The number of nitrogens with zero attached hydrogens (tertiary/aromatic N) is 2. The number of amides is 2. The van der Waals surface area contributed by atoms with Gasteiger partial charge >= 0.3 is 5.97 Å². The van der Waals surface area contributed by atoms with Gasteiger partial charge in [0.15, 0.2) is 6.10 Å². The molecule has 0 bridgehead atoms. The number of carbonyl (C=O) groups is 3. The van der Waals surface area contributed by atoms with Crippen molar-refractivity contribution in [3.63, 3.8) is 0 Å². The Morgan fingerprint density at radius 1 is 0.957 bits per heavy atom. The lowest BCUT2D eigenvalue weighted by molar-refractivity contribution is -0.148. The summed E-state index contributed by atoms with van der Waals surface area (Å²) in [5.74, 6) is -2.77. The molecule has 0 unspecified atom stereocenters. The van der Waals surface area contributed by atoms with Gasteiger partial charge in [-0.05, 0) is 54.5 Å². The van der Waals surface area contributed by atoms with Crippen LogP contribution in [0.3, 0.4) is 0 Å². The van der Waals surface area contributed by atoms with Crippen LogP contribution in [0.1, 0.15) is 53.5 Å². The van der Waals surface area contributed by atoms with Crippen molar-refractivity contribution < 1.29 is 33.0 Å². The minimum atomic E-state index is -4.06. The second kappa shape index (κ2) is 14.1. The Hall–Kier alpha value is -4.81. The molecule has 4 aromatic rings. The van der Waals surface area contributed by atoms with E-state index in [4.69, 9.17) is 0 Å². The van der Waals surface area contributed by atoms with Gasteiger partial charge in [-0.3, -0.25) is 14.3 Å². The Labute approximate surface area is 267 Å². The molecule has 2 atom stereocenters. The van der Waals surface area contributed by atoms with Crippen molar-refractivity contribution in [3.8, 4) is 11.1 Å². The minimum absolute atomic E-state index is 0.0169. The monoisotopic (exact) mass is 644 g/mol. The molecule has 46 heavy (non-hydrogen) atoms. The van der Waals surface area contributed by atoms with E-state index in [1.54, 1.807) is 65.3 Å². The van der Waals surface area contributed by atoms with Gasteiger partial charge in [0, 0.05) is 17.2 Å². The largest absolute Gasteiger partial charge is 0.479 e. The number of hydrogen-bond acceptors (Lipinski definition) is 7. The maximum absolute atomic E-state index is 13.3. The predicted octanol–water partition coefficient (Wildman–Crippen LogP) is 3.55. The molecule has 1 aliphatic carbocycles. The Bertz CT molecular complexity index is 1820. The van der Waals surface area contributed by atoms with Crippen molar-refractivity contribution in [2.45, 2.75) is 62.6 Å². The molecule has 1 saturated carbocycles. The highest BCUT2D eigenvalue weighted by atomic mass is 32.2. The lowest BCUT2D eigenvalue weighted by Crippen LogP contribution is -2.48. The molecule has 0 saturated heterocycles. The second-order valence-corrected chi connectivity index (χ2v) is 13.1. The molecular formula is C34H36N4O7S. The second-order valence-electron chi connectivity index (χ2n) is 11.4. The summed E-state index contributed by atoms with van der Waals surface area (Å²) in [6, 6.07) is 23.4. The first kappa shape index (κ1) is 32.6. The Balaban J connectivity index is 1.33. The van der Waals surface area contributed by atoms with Gasteiger partial charge in [0.25, 0.3) is 15.9 Å². The number of nitrogens with one attached hydrogen (secondary N) is 2. The topological polar surface area (TPSA) is 168 Å². The van der Waals surface area contributed by atoms with Crippen molar-refractivity contribution >= 4 is 27.8 Å². The highest BCUT2D eigenvalue weighted by molar-refractivity contribution is 7.90. The van der Waals surface area contributed by atoms with E-state index in [0.717, 1.165) is 23.2 Å². The molecule has 0 aliphatic heterocycles. The third kappa shape index (κ3) is 7.88. The third-order valence-corrected chi connectivity index (χ3v) is 9.21. The third-order valence-electron chi connectivity index (χ3n) is 7.81. The quantitative estimate of drug-likeness (QED) is 0.162. The SMILES string of the molecule is CCCc1cc(C(=O)N[C@H](Cc2ccccc2)[C@@H](O)C(=O)O)nn1Cc1ccc(-c2ccccc2S(=O)(=O)NC(=O)C2CC2)cc1. The number of aliphatic carboxylic acids is 1. The van der Waals surface area contributed by atoms with E-state index in [9.17, 15) is 33.0 Å². The van der Waals surface area contributed by atoms with Crippen molar-refractivity contribution in [1.82, 2.24) is 19.8 Å². The summed E-state index contributed by atoms with van der Waals surface area (Å²) < 4.78 is 30.0. The molecular weight excluding hydrogens is 608 g/mol. The Morgan fingerprint density at radius 3 is 2.28 bits per heavy atom. The van der Waals surface area contributed by atoms with Crippen LogP contribution >= 0.6 is 0 Å². The summed E-state index contributed by atoms with van der Waals surface area (Å²) in [5.41, 5.74) is 3.63. The molecule has 240 valence electrons. The number of benzene rings is 3. The summed E-state index contributed by atoms with van der Waals surface area (Å²) in [7, 11) is -4.06. The van der Waals surface area contributed by atoms with Gasteiger partial charge in [-0.1, -0.05) is 86.1 Å². The van der Waals surface area contributed by atoms with Crippen LogP contribution in [0.15, 0.2) is 89.8 Å². The highest BCUT2D eigenvalue weighted by Gasteiger charge is 2.33. The zero-order valence-electron chi connectivity index (χ0n) is 25.3. The molecule has 2 amide bonds. The fraction of sp³-hybridized carbons (Fsp3) is 0.294. The van der Waals surface area contributed by atoms with E-state index >= 15 is 0 Å². The predicted molar refractivity (Wildman–Crippen MR) is 170 cm³/mol. The number of sulfonamides is 1. The zero-order valence-corrected chi connectivity index (χ0v) is 26.1. The van der Waals surface area contributed by atoms with Crippen LogP contribution in [0.2, 0.25) is 0 Å². The van der Waals surface area contributed by atoms with Crippen LogP contribution in [-0.4, -0.2) is 58.3 Å². The number of carboxylic acid groups (broad SMARTS) is 1. The summed E-state index contributed by atoms with van der Waals surface area (Å²) in [6.45, 7) is 2.33. The molecule has 1 fully saturated rings. The van der Waals surface area contributed by atoms with Crippen LogP contribution in [0.4, 0.5) is 0 Å². The molecule has 1 heterocycles. The standard InChI is InChI=1S/C34H36N4O7S/c1-2-8-26-20-29(33(41)35-28(31(39)34(42)43)19-22-9-4-3-5-10-22)36-38(26)21-23-13-15-24(16-14-23)27-11-6-7-12-30(27)46(44,45)37-32(40)25-17-18-25/h3-7,9-16,20,25,28,31,39H,2,8,17-19,21H2,1H3,(H,35,41)(H,37,40)(H,42,43)/t28-,31-/m1/s1. The number of aryl methyl sites for hydroxylation is 1. The maximum atomic E-state index is 13.3. The smallest absolute Gasteiger partial charge is 0.334 e. The number of hydrogen-bond donors (Lipinski definition) is 4. The molecule has 5 rings (SSSR count). The lowest BCUT2D eigenvalue weighted by atomic mass is 10.0. The molecule has 0 radical (unpaired) electrons. The van der Waals surface area contributed by atoms with Gasteiger partial charge in [-0.2, -0.15) is 5.10 Å². The van der Waals surface area contributed by atoms with E-state index in [1.165, 1.54) is 6.07 Å². The van der Waals surface area contributed by atoms with Crippen LogP contribution in [0, 0.1) is 5.92 Å². The van der Waals surface area contributed by atoms with Gasteiger partial charge in [-0.25, -0.2) is 17.9 Å². The van der Waals surface area contributed by atoms with Crippen molar-refractivity contribution in [2.75, 3.05) is 0 Å².